The summed E-state index contributed by atoms with van der Waals surface area (Å²) >= 11 is 0. The van der Waals surface area contributed by atoms with Crippen LogP contribution in [-0.4, -0.2) is 26.5 Å². The molecule has 0 fully saturated rings. The van der Waals surface area contributed by atoms with Gasteiger partial charge in [0, 0.05) is 13.2 Å². The monoisotopic (exact) mass is 392 g/mol. The number of anilines is 1. The molecule has 0 aliphatic rings. The number of carbonyl (C=O) groups is 2. The maximum atomic E-state index is 14.0. The van der Waals surface area contributed by atoms with Crippen LogP contribution in [0.3, 0.4) is 0 Å². The number of carbonyl (C=O) groups excluding carboxylic acids is 2. The van der Waals surface area contributed by atoms with Crippen molar-refractivity contribution in [3.05, 3.63) is 59.4 Å². The standard InChI is InChI=1S/C19H21FN2O4S/c1-12-4-6-14(7-5-12)17(21-13(2)23)11-19(24)22-18-10-15(27(3,25)26)8-9-16(18)20/h4-10,17H,11H2,1-3H3,(H,21,23)(H,22,24). The molecule has 2 rings (SSSR count). The van der Waals surface area contributed by atoms with Gasteiger partial charge in [-0.3, -0.25) is 9.59 Å². The summed E-state index contributed by atoms with van der Waals surface area (Å²) in [7, 11) is -3.54. The van der Waals surface area contributed by atoms with Crippen LogP contribution in [0.2, 0.25) is 0 Å². The normalized spacial score (nSPS) is 12.3. The average molecular weight is 392 g/mol. The Morgan fingerprint density at radius 2 is 1.74 bits per heavy atom. The van der Waals surface area contributed by atoms with Gasteiger partial charge in [-0.2, -0.15) is 0 Å². The fourth-order valence-corrected chi connectivity index (χ4v) is 3.16. The van der Waals surface area contributed by atoms with Crippen molar-refractivity contribution in [2.24, 2.45) is 0 Å². The van der Waals surface area contributed by atoms with Crippen LogP contribution in [0.1, 0.15) is 30.5 Å². The van der Waals surface area contributed by atoms with Crippen molar-refractivity contribution in [1.29, 1.82) is 0 Å². The number of hydrogen-bond donors (Lipinski definition) is 2. The Morgan fingerprint density at radius 1 is 1.11 bits per heavy atom. The third kappa shape index (κ3) is 5.89. The molecule has 2 aromatic carbocycles. The summed E-state index contributed by atoms with van der Waals surface area (Å²) in [6, 6.07) is 9.91. The van der Waals surface area contributed by atoms with Gasteiger partial charge in [0.2, 0.25) is 11.8 Å². The van der Waals surface area contributed by atoms with E-state index in [0.717, 1.165) is 35.6 Å². The van der Waals surface area contributed by atoms with Crippen molar-refractivity contribution >= 4 is 27.3 Å². The molecule has 0 heterocycles. The third-order valence-corrected chi connectivity index (χ3v) is 5.00. The summed E-state index contributed by atoms with van der Waals surface area (Å²) in [6.45, 7) is 3.26. The van der Waals surface area contributed by atoms with Crippen LogP contribution in [0.5, 0.6) is 0 Å². The molecule has 0 saturated heterocycles. The number of halogens is 1. The number of sulfone groups is 1. The molecule has 1 atom stereocenters. The van der Waals surface area contributed by atoms with Crippen molar-refractivity contribution in [3.63, 3.8) is 0 Å². The molecule has 0 saturated carbocycles. The second-order valence-corrected chi connectivity index (χ2v) is 8.35. The number of nitrogens with one attached hydrogen (secondary N) is 2. The van der Waals surface area contributed by atoms with Crippen molar-refractivity contribution in [1.82, 2.24) is 5.32 Å². The van der Waals surface area contributed by atoms with Gasteiger partial charge in [-0.1, -0.05) is 29.8 Å². The predicted molar refractivity (Wildman–Crippen MR) is 100 cm³/mol. The summed E-state index contributed by atoms with van der Waals surface area (Å²) in [5, 5.41) is 5.07. The highest BCUT2D eigenvalue weighted by atomic mass is 32.2. The molecule has 2 aromatic rings. The first kappa shape index (κ1) is 20.6. The topological polar surface area (TPSA) is 92.3 Å². The highest BCUT2D eigenvalue weighted by Crippen LogP contribution is 2.22. The zero-order valence-corrected chi connectivity index (χ0v) is 16.1. The molecule has 0 bridgehead atoms. The Bertz CT molecular complexity index is 956. The molecule has 144 valence electrons. The minimum Gasteiger partial charge on any atom is -0.349 e. The summed E-state index contributed by atoms with van der Waals surface area (Å²) in [5.41, 5.74) is 1.54. The molecule has 0 aliphatic heterocycles. The van der Waals surface area contributed by atoms with E-state index in [0.29, 0.717) is 0 Å². The Kier molecular flexibility index (Phi) is 6.32. The van der Waals surface area contributed by atoms with E-state index in [1.165, 1.54) is 6.92 Å². The Labute approximate surface area is 157 Å². The lowest BCUT2D eigenvalue weighted by Gasteiger charge is -2.18. The quantitative estimate of drug-likeness (QED) is 0.740. The van der Waals surface area contributed by atoms with Gasteiger partial charge < -0.3 is 10.6 Å². The van der Waals surface area contributed by atoms with Gasteiger partial charge in [-0.05, 0) is 30.7 Å². The van der Waals surface area contributed by atoms with E-state index in [2.05, 4.69) is 10.6 Å². The van der Waals surface area contributed by atoms with E-state index >= 15 is 0 Å². The van der Waals surface area contributed by atoms with Crippen LogP contribution in [0.4, 0.5) is 10.1 Å². The lowest BCUT2D eigenvalue weighted by atomic mass is 10.0. The van der Waals surface area contributed by atoms with E-state index in [-0.39, 0.29) is 22.9 Å². The van der Waals surface area contributed by atoms with Gasteiger partial charge in [-0.25, -0.2) is 12.8 Å². The fraction of sp³-hybridized carbons (Fsp3) is 0.263. The number of benzene rings is 2. The van der Waals surface area contributed by atoms with Crippen LogP contribution >= 0.6 is 0 Å². The zero-order valence-electron chi connectivity index (χ0n) is 15.2. The fourth-order valence-electron chi connectivity index (χ4n) is 2.51. The number of rotatable bonds is 6. The molecule has 2 N–H and O–H groups in total. The molecule has 0 aromatic heterocycles. The first-order chi connectivity index (χ1) is 12.6. The van der Waals surface area contributed by atoms with E-state index in [1.807, 2.05) is 19.1 Å². The first-order valence-corrected chi connectivity index (χ1v) is 10.1. The van der Waals surface area contributed by atoms with E-state index < -0.39 is 27.6 Å². The SMILES string of the molecule is CC(=O)NC(CC(=O)Nc1cc(S(C)(=O)=O)ccc1F)c1ccc(C)cc1. The first-order valence-electron chi connectivity index (χ1n) is 8.19. The molecular formula is C19H21FN2O4S. The van der Waals surface area contributed by atoms with E-state index in [4.69, 9.17) is 0 Å². The molecule has 0 radical (unpaired) electrons. The summed E-state index contributed by atoms with van der Waals surface area (Å²) in [4.78, 5) is 23.8. The highest BCUT2D eigenvalue weighted by Gasteiger charge is 2.19. The van der Waals surface area contributed by atoms with Crippen LogP contribution in [0.15, 0.2) is 47.4 Å². The van der Waals surface area contributed by atoms with Gasteiger partial charge >= 0.3 is 0 Å². The molecule has 1 unspecified atom stereocenters. The van der Waals surface area contributed by atoms with Crippen molar-refractivity contribution in [2.45, 2.75) is 31.2 Å². The number of amides is 2. The lowest BCUT2D eigenvalue weighted by Crippen LogP contribution is -2.30. The highest BCUT2D eigenvalue weighted by molar-refractivity contribution is 7.90. The maximum Gasteiger partial charge on any atom is 0.226 e. The minimum atomic E-state index is -3.54. The van der Waals surface area contributed by atoms with Crippen LogP contribution < -0.4 is 10.6 Å². The van der Waals surface area contributed by atoms with Crippen LogP contribution in [0, 0.1) is 12.7 Å². The van der Waals surface area contributed by atoms with Gasteiger partial charge in [0.15, 0.2) is 9.84 Å². The van der Waals surface area contributed by atoms with Crippen molar-refractivity contribution < 1.29 is 22.4 Å². The van der Waals surface area contributed by atoms with Gasteiger partial charge in [0.1, 0.15) is 5.82 Å². The number of aryl methyl sites for hydroxylation is 1. The molecule has 8 heteroatoms. The predicted octanol–water partition coefficient (Wildman–Crippen LogP) is 2.74. The maximum absolute atomic E-state index is 14.0. The van der Waals surface area contributed by atoms with Crippen molar-refractivity contribution in [2.75, 3.05) is 11.6 Å². The van der Waals surface area contributed by atoms with Gasteiger partial charge in [0.25, 0.3) is 0 Å². The molecule has 6 nitrogen and oxygen atoms in total. The largest absolute Gasteiger partial charge is 0.349 e. The molecule has 27 heavy (non-hydrogen) atoms. The third-order valence-electron chi connectivity index (χ3n) is 3.89. The van der Waals surface area contributed by atoms with Crippen LogP contribution in [-0.2, 0) is 19.4 Å². The Hall–Kier alpha value is -2.74. The molecular weight excluding hydrogens is 371 g/mol. The van der Waals surface area contributed by atoms with Crippen LogP contribution in [0.25, 0.3) is 0 Å². The van der Waals surface area contributed by atoms with E-state index in [9.17, 15) is 22.4 Å². The van der Waals surface area contributed by atoms with Crippen molar-refractivity contribution in [3.8, 4) is 0 Å². The van der Waals surface area contributed by atoms with E-state index in [1.54, 1.807) is 12.1 Å². The molecule has 0 spiro atoms. The Balaban J connectivity index is 2.21. The lowest BCUT2D eigenvalue weighted by molar-refractivity contribution is -0.120. The number of hydrogen-bond acceptors (Lipinski definition) is 4. The van der Waals surface area contributed by atoms with Gasteiger partial charge in [-0.15, -0.1) is 0 Å². The Morgan fingerprint density at radius 3 is 2.30 bits per heavy atom. The smallest absolute Gasteiger partial charge is 0.226 e. The zero-order chi connectivity index (χ0) is 20.2. The summed E-state index contributed by atoms with van der Waals surface area (Å²) in [5.74, 6) is -1.61. The minimum absolute atomic E-state index is 0.101. The van der Waals surface area contributed by atoms with Gasteiger partial charge in [0.05, 0.1) is 23.0 Å². The second kappa shape index (κ2) is 8.30. The molecule has 2 amide bonds. The molecule has 0 aliphatic carbocycles. The average Bonchev–Trinajstić information content (AvgIpc) is 2.55. The summed E-state index contributed by atoms with van der Waals surface area (Å²) in [6.07, 6.45) is 0.862. The second-order valence-electron chi connectivity index (χ2n) is 6.33. The summed E-state index contributed by atoms with van der Waals surface area (Å²) < 4.78 is 37.2.